The lowest BCUT2D eigenvalue weighted by atomic mass is 10.1. The van der Waals surface area contributed by atoms with Crippen molar-refractivity contribution in [3.8, 4) is 5.75 Å². The van der Waals surface area contributed by atoms with Crippen LogP contribution in [0.5, 0.6) is 5.75 Å². The number of hydrogen-bond acceptors (Lipinski definition) is 4. The Balaban J connectivity index is 2.63. The minimum Gasteiger partial charge on any atom is -0.494 e. The largest absolute Gasteiger partial charge is 0.494 e. The van der Waals surface area contributed by atoms with Crippen LogP contribution in [0.25, 0.3) is 0 Å². The van der Waals surface area contributed by atoms with Crippen LogP contribution in [-0.4, -0.2) is 24.7 Å². The van der Waals surface area contributed by atoms with Crippen molar-refractivity contribution in [3.63, 3.8) is 0 Å². The number of hydrogen-bond donors (Lipinski definition) is 2. The monoisotopic (exact) mass is 258 g/mol. The molecule has 0 spiro atoms. The van der Waals surface area contributed by atoms with E-state index in [2.05, 4.69) is 12.3 Å². The zero-order valence-electron chi connectivity index (χ0n) is 10.2. The first-order valence-corrected chi connectivity index (χ1v) is 6.73. The molecule has 1 unspecified atom stereocenters. The highest BCUT2D eigenvalue weighted by Gasteiger charge is 2.10. The highest BCUT2D eigenvalue weighted by atomic mass is 32.2. The number of halogens is 1. The van der Waals surface area contributed by atoms with Gasteiger partial charge in [-0.2, -0.15) is 11.8 Å². The van der Waals surface area contributed by atoms with Crippen LogP contribution in [0.2, 0.25) is 0 Å². The molecule has 5 heteroatoms. The van der Waals surface area contributed by atoms with Gasteiger partial charge in [0.15, 0.2) is 11.6 Å². The van der Waals surface area contributed by atoms with Crippen molar-refractivity contribution in [2.45, 2.75) is 19.4 Å². The van der Waals surface area contributed by atoms with E-state index >= 15 is 0 Å². The Morgan fingerprint density at radius 3 is 2.82 bits per heavy atom. The van der Waals surface area contributed by atoms with Crippen molar-refractivity contribution in [2.24, 2.45) is 5.84 Å². The predicted octanol–water partition coefficient (Wildman–Crippen LogP) is 1.96. The van der Waals surface area contributed by atoms with Crippen LogP contribution >= 0.6 is 11.8 Å². The molecule has 0 saturated heterocycles. The van der Waals surface area contributed by atoms with Crippen LogP contribution in [0.15, 0.2) is 18.2 Å². The summed E-state index contributed by atoms with van der Waals surface area (Å²) in [6.07, 6.45) is 0.713. The molecule has 3 nitrogen and oxygen atoms in total. The first-order valence-electron chi connectivity index (χ1n) is 5.57. The van der Waals surface area contributed by atoms with E-state index in [9.17, 15) is 4.39 Å². The lowest BCUT2D eigenvalue weighted by molar-refractivity contribution is 0.386. The highest BCUT2D eigenvalue weighted by Crippen LogP contribution is 2.19. The average molecular weight is 258 g/mol. The molecule has 0 aliphatic rings. The average Bonchev–Trinajstić information content (AvgIpc) is 2.34. The van der Waals surface area contributed by atoms with Gasteiger partial charge in [-0.05, 0) is 29.9 Å². The predicted molar refractivity (Wildman–Crippen MR) is 70.8 cm³/mol. The molecule has 17 heavy (non-hydrogen) atoms. The molecule has 0 amide bonds. The van der Waals surface area contributed by atoms with Crippen molar-refractivity contribution >= 4 is 11.8 Å². The lowest BCUT2D eigenvalue weighted by Gasteiger charge is -2.15. The number of thioether (sulfide) groups is 1. The lowest BCUT2D eigenvalue weighted by Crippen LogP contribution is -2.38. The topological polar surface area (TPSA) is 47.3 Å². The molecule has 0 fully saturated rings. The van der Waals surface area contributed by atoms with E-state index < -0.39 is 0 Å². The third kappa shape index (κ3) is 4.53. The maximum Gasteiger partial charge on any atom is 0.165 e. The quantitative estimate of drug-likeness (QED) is 0.580. The normalized spacial score (nSPS) is 12.5. The summed E-state index contributed by atoms with van der Waals surface area (Å²) in [7, 11) is 1.46. The second-order valence-corrected chi connectivity index (χ2v) is 5.02. The number of hydrazine groups is 1. The van der Waals surface area contributed by atoms with Gasteiger partial charge in [-0.15, -0.1) is 0 Å². The van der Waals surface area contributed by atoms with Crippen LogP contribution in [0.3, 0.4) is 0 Å². The fourth-order valence-electron chi connectivity index (χ4n) is 1.55. The Labute approximate surface area is 106 Å². The fourth-order valence-corrected chi connectivity index (χ4v) is 2.28. The van der Waals surface area contributed by atoms with Gasteiger partial charge in [-0.1, -0.05) is 13.0 Å². The van der Waals surface area contributed by atoms with Crippen molar-refractivity contribution in [1.29, 1.82) is 0 Å². The molecule has 1 rings (SSSR count). The molecule has 3 N–H and O–H groups in total. The van der Waals surface area contributed by atoms with Crippen molar-refractivity contribution < 1.29 is 9.13 Å². The molecule has 96 valence electrons. The summed E-state index contributed by atoms with van der Waals surface area (Å²) in [5, 5.41) is 0. The second-order valence-electron chi connectivity index (χ2n) is 3.70. The molecule has 1 atom stereocenters. The van der Waals surface area contributed by atoms with Crippen LogP contribution in [0.4, 0.5) is 4.39 Å². The highest BCUT2D eigenvalue weighted by molar-refractivity contribution is 7.99. The summed E-state index contributed by atoms with van der Waals surface area (Å²) in [4.78, 5) is 0. The van der Waals surface area contributed by atoms with E-state index in [1.807, 2.05) is 17.8 Å². The van der Waals surface area contributed by atoms with E-state index in [4.69, 9.17) is 10.6 Å². The number of methoxy groups -OCH3 is 1. The molecule has 0 aliphatic carbocycles. The van der Waals surface area contributed by atoms with Gasteiger partial charge in [0.05, 0.1) is 7.11 Å². The molecule has 0 aromatic heterocycles. The molecular weight excluding hydrogens is 239 g/mol. The first-order chi connectivity index (χ1) is 8.21. The third-order valence-corrected chi connectivity index (χ3v) is 3.50. The summed E-state index contributed by atoms with van der Waals surface area (Å²) in [6.45, 7) is 2.10. The van der Waals surface area contributed by atoms with E-state index in [0.717, 1.165) is 17.1 Å². The molecule has 0 heterocycles. The van der Waals surface area contributed by atoms with Gasteiger partial charge in [-0.25, -0.2) is 4.39 Å². The van der Waals surface area contributed by atoms with Gasteiger partial charge in [0.1, 0.15) is 0 Å². The van der Waals surface area contributed by atoms with Gasteiger partial charge >= 0.3 is 0 Å². The molecule has 1 aromatic carbocycles. The molecule has 0 radical (unpaired) electrons. The Morgan fingerprint density at radius 1 is 1.53 bits per heavy atom. The zero-order valence-corrected chi connectivity index (χ0v) is 11.0. The number of benzene rings is 1. The number of nitrogens with one attached hydrogen (secondary N) is 1. The van der Waals surface area contributed by atoms with E-state index in [-0.39, 0.29) is 17.6 Å². The maximum atomic E-state index is 13.5. The molecule has 0 bridgehead atoms. The summed E-state index contributed by atoms with van der Waals surface area (Å²) < 4.78 is 18.4. The summed E-state index contributed by atoms with van der Waals surface area (Å²) in [5.41, 5.74) is 3.68. The Morgan fingerprint density at radius 2 is 2.29 bits per heavy atom. The summed E-state index contributed by atoms with van der Waals surface area (Å²) >= 11 is 1.81. The smallest absolute Gasteiger partial charge is 0.165 e. The summed E-state index contributed by atoms with van der Waals surface area (Å²) in [5.74, 6) is 7.38. The third-order valence-electron chi connectivity index (χ3n) is 2.46. The van der Waals surface area contributed by atoms with Gasteiger partial charge in [0, 0.05) is 11.8 Å². The SMILES string of the molecule is CCSCC(Cc1ccc(OC)c(F)c1)NN. The van der Waals surface area contributed by atoms with E-state index in [1.165, 1.54) is 13.2 Å². The van der Waals surface area contributed by atoms with Crippen LogP contribution < -0.4 is 16.0 Å². The zero-order chi connectivity index (χ0) is 12.7. The van der Waals surface area contributed by atoms with Crippen molar-refractivity contribution in [2.75, 3.05) is 18.6 Å². The molecular formula is C12H19FN2OS. The summed E-state index contributed by atoms with van der Waals surface area (Å²) in [6, 6.07) is 5.17. The first kappa shape index (κ1) is 14.3. The van der Waals surface area contributed by atoms with Crippen LogP contribution in [0.1, 0.15) is 12.5 Å². The molecule has 1 aromatic rings. The minimum absolute atomic E-state index is 0.160. The van der Waals surface area contributed by atoms with Crippen molar-refractivity contribution in [1.82, 2.24) is 5.43 Å². The van der Waals surface area contributed by atoms with Gasteiger partial charge in [-0.3, -0.25) is 11.3 Å². The number of rotatable bonds is 7. The van der Waals surface area contributed by atoms with E-state index in [1.54, 1.807) is 6.07 Å². The molecule has 0 aliphatic heterocycles. The number of ether oxygens (including phenoxy) is 1. The second kappa shape index (κ2) is 7.53. The Kier molecular flexibility index (Phi) is 6.32. The maximum absolute atomic E-state index is 13.5. The van der Waals surface area contributed by atoms with Gasteiger partial charge in [0.2, 0.25) is 0 Å². The standard InChI is InChI=1S/C12H19FN2OS/c1-3-17-8-10(15-14)6-9-4-5-12(16-2)11(13)7-9/h4-5,7,10,15H,3,6,8,14H2,1-2H3. The van der Waals surface area contributed by atoms with E-state index in [0.29, 0.717) is 6.42 Å². The Bertz CT molecular complexity index is 349. The molecule has 0 saturated carbocycles. The van der Waals surface area contributed by atoms with Crippen LogP contribution in [-0.2, 0) is 6.42 Å². The Hall–Kier alpha value is -0.780. The van der Waals surface area contributed by atoms with Gasteiger partial charge in [0.25, 0.3) is 0 Å². The van der Waals surface area contributed by atoms with Crippen LogP contribution in [0, 0.1) is 5.82 Å². The minimum atomic E-state index is -0.330. The van der Waals surface area contributed by atoms with Crippen molar-refractivity contribution in [3.05, 3.63) is 29.6 Å². The fraction of sp³-hybridized carbons (Fsp3) is 0.500. The number of nitrogens with two attached hydrogens (primary N) is 1. The van der Waals surface area contributed by atoms with Gasteiger partial charge < -0.3 is 4.74 Å².